The predicted octanol–water partition coefficient (Wildman–Crippen LogP) is 11.8. The highest BCUT2D eigenvalue weighted by molar-refractivity contribution is 5.76. The zero-order valence-corrected chi connectivity index (χ0v) is 32.1. The van der Waals surface area contributed by atoms with E-state index in [1.54, 1.807) is 0 Å². The molecular formula is C43H83NO4. The first-order valence-corrected chi connectivity index (χ1v) is 21.1. The molecular weight excluding hydrogens is 594 g/mol. The number of hydrogen-bond donors (Lipinski definition) is 4. The average Bonchev–Trinajstić information content (AvgIpc) is 3.09. The molecule has 5 heteroatoms. The molecule has 3 atom stereocenters. The van der Waals surface area contributed by atoms with Crippen LogP contribution >= 0.6 is 0 Å². The van der Waals surface area contributed by atoms with Gasteiger partial charge in [0.2, 0.25) is 5.91 Å². The highest BCUT2D eigenvalue weighted by Crippen LogP contribution is 2.15. The lowest BCUT2D eigenvalue weighted by Gasteiger charge is -2.26. The third-order valence-corrected chi connectivity index (χ3v) is 9.78. The van der Waals surface area contributed by atoms with Crippen molar-refractivity contribution < 1.29 is 20.1 Å². The number of amides is 1. The zero-order valence-electron chi connectivity index (χ0n) is 32.1. The van der Waals surface area contributed by atoms with Crippen LogP contribution in [0.1, 0.15) is 219 Å². The third-order valence-electron chi connectivity index (χ3n) is 9.78. The maximum Gasteiger partial charge on any atom is 0.220 e. The second-order valence-electron chi connectivity index (χ2n) is 14.5. The Bertz CT molecular complexity index is 709. The molecule has 1 amide bonds. The van der Waals surface area contributed by atoms with Crippen LogP contribution in [-0.4, -0.2) is 46.1 Å². The zero-order chi connectivity index (χ0) is 35.2. The van der Waals surface area contributed by atoms with E-state index in [4.69, 9.17) is 0 Å². The molecule has 4 N–H and O–H groups in total. The maximum absolute atomic E-state index is 12.4. The molecule has 0 heterocycles. The van der Waals surface area contributed by atoms with Gasteiger partial charge < -0.3 is 20.6 Å². The number of rotatable bonds is 38. The number of carbonyl (C=O) groups excluding carboxylic acids is 1. The molecule has 48 heavy (non-hydrogen) atoms. The number of hydrogen-bond acceptors (Lipinski definition) is 4. The quantitative estimate of drug-likeness (QED) is 0.0387. The predicted molar refractivity (Wildman–Crippen MR) is 208 cm³/mol. The fourth-order valence-electron chi connectivity index (χ4n) is 6.45. The highest BCUT2D eigenvalue weighted by Gasteiger charge is 2.26. The summed E-state index contributed by atoms with van der Waals surface area (Å²) in [5, 5.41) is 33.2. The first-order chi connectivity index (χ1) is 23.6. The molecule has 0 spiro atoms. The molecule has 284 valence electrons. The van der Waals surface area contributed by atoms with Gasteiger partial charge in [-0.15, -0.1) is 0 Å². The number of aliphatic hydroxyl groups excluding tert-OH is 3. The fraction of sp³-hybridized carbons (Fsp3) is 0.884. The highest BCUT2D eigenvalue weighted by atomic mass is 16.3. The van der Waals surface area contributed by atoms with E-state index in [0.29, 0.717) is 12.8 Å². The Balaban J connectivity index is 3.54. The van der Waals surface area contributed by atoms with Crippen molar-refractivity contribution >= 4 is 5.91 Å². The number of carbonyl (C=O) groups is 1. The van der Waals surface area contributed by atoms with Gasteiger partial charge in [-0.3, -0.25) is 4.79 Å². The summed E-state index contributed by atoms with van der Waals surface area (Å²) in [4.78, 5) is 12.4. The Kier molecular flexibility index (Phi) is 37.7. The Labute approximate surface area is 299 Å². The minimum absolute atomic E-state index is 0.158. The second kappa shape index (κ2) is 38.6. The summed E-state index contributed by atoms with van der Waals surface area (Å²) < 4.78 is 0. The standard InChI is InChI=1S/C43H83NO4/c1-3-5-7-9-11-13-14-15-16-17-18-19-20-21-22-23-24-25-26-27-28-29-30-32-34-36-38-42(47)44-40(39-45)43(48)41(46)37-35-33-31-12-10-8-6-4-2/h12,21-22,31,40-41,43,45-46,48H,3-11,13-20,23-30,32-39H2,1-2H3,(H,44,47)/b22-21-,31-12+. The molecule has 0 fully saturated rings. The van der Waals surface area contributed by atoms with Gasteiger partial charge in [-0.05, 0) is 64.2 Å². The van der Waals surface area contributed by atoms with Gasteiger partial charge in [-0.1, -0.05) is 173 Å². The summed E-state index contributed by atoms with van der Waals surface area (Å²) in [6, 6.07) is -0.822. The molecule has 0 aromatic carbocycles. The lowest BCUT2D eigenvalue weighted by atomic mass is 10.0. The van der Waals surface area contributed by atoms with E-state index in [2.05, 4.69) is 43.5 Å². The summed E-state index contributed by atoms with van der Waals surface area (Å²) >= 11 is 0. The van der Waals surface area contributed by atoms with Crippen molar-refractivity contribution in [2.45, 2.75) is 238 Å². The smallest absolute Gasteiger partial charge is 0.220 e. The monoisotopic (exact) mass is 678 g/mol. The fourth-order valence-corrected chi connectivity index (χ4v) is 6.45. The number of aliphatic hydroxyl groups is 3. The molecule has 5 nitrogen and oxygen atoms in total. The van der Waals surface area contributed by atoms with E-state index >= 15 is 0 Å². The molecule has 3 unspecified atom stereocenters. The van der Waals surface area contributed by atoms with Gasteiger partial charge in [0, 0.05) is 6.42 Å². The van der Waals surface area contributed by atoms with Gasteiger partial charge in [0.1, 0.15) is 6.10 Å². The van der Waals surface area contributed by atoms with E-state index in [1.807, 2.05) is 0 Å². The average molecular weight is 678 g/mol. The van der Waals surface area contributed by atoms with E-state index in [9.17, 15) is 20.1 Å². The van der Waals surface area contributed by atoms with Gasteiger partial charge in [0.05, 0.1) is 18.8 Å². The van der Waals surface area contributed by atoms with Gasteiger partial charge >= 0.3 is 0 Å². The molecule has 0 saturated heterocycles. The largest absolute Gasteiger partial charge is 0.394 e. The molecule has 0 aromatic heterocycles. The maximum atomic E-state index is 12.4. The van der Waals surface area contributed by atoms with Gasteiger partial charge in [-0.2, -0.15) is 0 Å². The van der Waals surface area contributed by atoms with Crippen molar-refractivity contribution in [1.29, 1.82) is 0 Å². The summed E-state index contributed by atoms with van der Waals surface area (Å²) in [5.74, 6) is -0.158. The molecule has 0 rings (SSSR count). The topological polar surface area (TPSA) is 89.8 Å². The van der Waals surface area contributed by atoms with Crippen LogP contribution in [0, 0.1) is 0 Å². The lowest BCUT2D eigenvalue weighted by molar-refractivity contribution is -0.124. The van der Waals surface area contributed by atoms with Crippen LogP contribution in [0.15, 0.2) is 24.3 Å². The first kappa shape index (κ1) is 46.8. The summed E-state index contributed by atoms with van der Waals surface area (Å²) in [6.45, 7) is 4.11. The van der Waals surface area contributed by atoms with Crippen molar-refractivity contribution in [3.8, 4) is 0 Å². The van der Waals surface area contributed by atoms with Gasteiger partial charge in [0.25, 0.3) is 0 Å². The Morgan fingerprint density at radius 1 is 0.500 bits per heavy atom. The minimum Gasteiger partial charge on any atom is -0.394 e. The van der Waals surface area contributed by atoms with E-state index < -0.39 is 18.2 Å². The van der Waals surface area contributed by atoms with Crippen LogP contribution in [0.3, 0.4) is 0 Å². The third kappa shape index (κ3) is 33.3. The summed E-state index contributed by atoms with van der Waals surface area (Å²) in [6.07, 6.45) is 46.0. The minimum atomic E-state index is -1.15. The van der Waals surface area contributed by atoms with Crippen LogP contribution in [0.4, 0.5) is 0 Å². The van der Waals surface area contributed by atoms with Crippen LogP contribution in [-0.2, 0) is 4.79 Å². The van der Waals surface area contributed by atoms with Crippen molar-refractivity contribution in [2.24, 2.45) is 0 Å². The lowest BCUT2D eigenvalue weighted by Crippen LogP contribution is -2.50. The molecule has 0 bridgehead atoms. The van der Waals surface area contributed by atoms with Crippen LogP contribution in [0.2, 0.25) is 0 Å². The molecule has 0 radical (unpaired) electrons. The molecule has 0 aliphatic heterocycles. The van der Waals surface area contributed by atoms with E-state index in [0.717, 1.165) is 38.5 Å². The van der Waals surface area contributed by atoms with Crippen molar-refractivity contribution in [3.05, 3.63) is 24.3 Å². The SMILES string of the molecule is CCCCC/C=C/CCCC(O)C(O)C(CO)NC(=O)CCCCCCCCCCCC/C=C\CCCCCCCCCCCCCC. The van der Waals surface area contributed by atoms with Crippen molar-refractivity contribution in [1.82, 2.24) is 5.32 Å². The van der Waals surface area contributed by atoms with Crippen molar-refractivity contribution in [3.63, 3.8) is 0 Å². The second-order valence-corrected chi connectivity index (χ2v) is 14.5. The summed E-state index contributed by atoms with van der Waals surface area (Å²) in [7, 11) is 0. The van der Waals surface area contributed by atoms with Gasteiger partial charge in [-0.25, -0.2) is 0 Å². The Morgan fingerprint density at radius 3 is 1.25 bits per heavy atom. The number of unbranched alkanes of at least 4 members (excludes halogenated alkanes) is 26. The Hall–Kier alpha value is -1.17. The molecule has 0 saturated carbocycles. The van der Waals surface area contributed by atoms with Crippen LogP contribution < -0.4 is 5.32 Å². The number of nitrogens with one attached hydrogen (secondary N) is 1. The number of allylic oxidation sites excluding steroid dienone is 4. The van der Waals surface area contributed by atoms with Crippen LogP contribution in [0.5, 0.6) is 0 Å². The Morgan fingerprint density at radius 2 is 0.833 bits per heavy atom. The van der Waals surface area contributed by atoms with Gasteiger partial charge in [0.15, 0.2) is 0 Å². The van der Waals surface area contributed by atoms with E-state index in [-0.39, 0.29) is 12.5 Å². The van der Waals surface area contributed by atoms with Crippen molar-refractivity contribution in [2.75, 3.05) is 6.61 Å². The normalized spacial score (nSPS) is 13.9. The van der Waals surface area contributed by atoms with Crippen LogP contribution in [0.25, 0.3) is 0 Å². The molecule has 0 aromatic rings. The first-order valence-electron chi connectivity index (χ1n) is 21.1. The van der Waals surface area contributed by atoms with E-state index in [1.165, 1.54) is 154 Å². The summed E-state index contributed by atoms with van der Waals surface area (Å²) in [5.41, 5.74) is 0. The molecule has 0 aliphatic rings. The molecule has 0 aliphatic carbocycles.